The highest BCUT2D eigenvalue weighted by atomic mass is 16.7. The van der Waals surface area contributed by atoms with E-state index in [0.717, 1.165) is 0 Å². The van der Waals surface area contributed by atoms with Crippen LogP contribution >= 0.6 is 0 Å². The first-order chi connectivity index (χ1) is 10.2. The summed E-state index contributed by atoms with van der Waals surface area (Å²) < 4.78 is 5.08. The maximum Gasteiger partial charge on any atom is 0.364 e. The van der Waals surface area contributed by atoms with Crippen molar-refractivity contribution in [3.05, 3.63) is 0 Å². The van der Waals surface area contributed by atoms with Crippen LogP contribution in [-0.2, 0) is 14.3 Å². The Morgan fingerprint density at radius 3 is 2.45 bits per heavy atom. The molecule has 1 aliphatic heterocycles. The van der Waals surface area contributed by atoms with Gasteiger partial charge in [-0.2, -0.15) is 0 Å². The van der Waals surface area contributed by atoms with Gasteiger partial charge in [0.15, 0.2) is 0 Å². The molecule has 0 aromatic rings. The number of nitrogens with one attached hydrogen (secondary N) is 1. The first-order valence-corrected chi connectivity index (χ1v) is 6.67. The topological polar surface area (TPSA) is 177 Å². The molecule has 10 nitrogen and oxygen atoms in total. The number of carboxylic acid groups (broad SMARTS) is 1. The van der Waals surface area contributed by atoms with E-state index in [1.54, 1.807) is 0 Å². The average Bonchev–Trinajstić information content (AvgIpc) is 2.47. The van der Waals surface area contributed by atoms with Crippen LogP contribution in [0.3, 0.4) is 0 Å². The largest absolute Gasteiger partial charge is 0.477 e. The van der Waals surface area contributed by atoms with Gasteiger partial charge in [-0.15, -0.1) is 0 Å². The predicted molar refractivity (Wildman–Crippen MR) is 69.4 cm³/mol. The molecule has 0 aromatic heterocycles. The molecule has 1 saturated heterocycles. The first-order valence-electron chi connectivity index (χ1n) is 6.67. The van der Waals surface area contributed by atoms with Crippen LogP contribution in [0.15, 0.2) is 0 Å². The molecule has 0 saturated carbocycles. The lowest BCUT2D eigenvalue weighted by molar-refractivity contribution is -0.288. The zero-order valence-corrected chi connectivity index (χ0v) is 11.9. The molecule has 1 aliphatic rings. The van der Waals surface area contributed by atoms with E-state index < -0.39 is 67.6 Å². The third-order valence-electron chi connectivity index (χ3n) is 3.70. The normalized spacial score (nSPS) is 34.7. The predicted octanol–water partition coefficient (Wildman–Crippen LogP) is -3.62. The minimum atomic E-state index is -2.69. The number of aliphatic hydroxyl groups excluding tert-OH is 4. The van der Waals surface area contributed by atoms with E-state index in [2.05, 4.69) is 5.32 Å². The van der Waals surface area contributed by atoms with Gasteiger partial charge in [0, 0.05) is 12.3 Å². The van der Waals surface area contributed by atoms with Gasteiger partial charge in [-0.3, -0.25) is 4.79 Å². The van der Waals surface area contributed by atoms with Crippen LogP contribution in [-0.4, -0.2) is 85.9 Å². The molecule has 22 heavy (non-hydrogen) atoms. The lowest BCUT2D eigenvalue weighted by Crippen LogP contribution is -2.65. The van der Waals surface area contributed by atoms with Crippen LogP contribution in [0, 0.1) is 5.92 Å². The molecule has 0 aliphatic carbocycles. The SMILES string of the molecule is CC(C(O)CO)C1OC(O)(C(=O)O)CC(O)C1NC(=O)CO. The number of aliphatic carboxylic acids is 1. The molecule has 0 spiro atoms. The Hall–Kier alpha value is -1.30. The Kier molecular flexibility index (Phi) is 6.23. The number of carboxylic acids is 1. The average molecular weight is 323 g/mol. The Labute approximate surface area is 125 Å². The molecule has 0 radical (unpaired) electrons. The van der Waals surface area contributed by atoms with Crippen LogP contribution < -0.4 is 5.32 Å². The Balaban J connectivity index is 3.07. The van der Waals surface area contributed by atoms with Gasteiger partial charge >= 0.3 is 5.97 Å². The molecule has 1 heterocycles. The van der Waals surface area contributed by atoms with E-state index in [1.165, 1.54) is 6.92 Å². The van der Waals surface area contributed by atoms with Crippen molar-refractivity contribution in [2.45, 2.75) is 43.5 Å². The number of amides is 1. The van der Waals surface area contributed by atoms with Crippen LogP contribution in [0.2, 0.25) is 0 Å². The van der Waals surface area contributed by atoms with E-state index in [-0.39, 0.29) is 0 Å². The van der Waals surface area contributed by atoms with E-state index in [1.807, 2.05) is 0 Å². The molecule has 7 N–H and O–H groups in total. The van der Waals surface area contributed by atoms with Gasteiger partial charge in [0.25, 0.3) is 5.79 Å². The van der Waals surface area contributed by atoms with Gasteiger partial charge in [-0.1, -0.05) is 6.92 Å². The molecule has 0 bridgehead atoms. The quantitative estimate of drug-likeness (QED) is 0.260. The summed E-state index contributed by atoms with van der Waals surface area (Å²) in [4.78, 5) is 22.4. The van der Waals surface area contributed by atoms with E-state index in [9.17, 15) is 24.9 Å². The molecule has 0 aromatic carbocycles. The van der Waals surface area contributed by atoms with Crippen molar-refractivity contribution in [3.63, 3.8) is 0 Å². The number of hydrogen-bond acceptors (Lipinski definition) is 8. The second-order valence-electron chi connectivity index (χ2n) is 5.30. The van der Waals surface area contributed by atoms with Gasteiger partial charge in [-0.05, 0) is 0 Å². The molecule has 1 fully saturated rings. The number of carbonyl (C=O) groups excluding carboxylic acids is 1. The number of rotatable bonds is 6. The molecule has 6 unspecified atom stereocenters. The lowest BCUT2D eigenvalue weighted by Gasteiger charge is -2.45. The van der Waals surface area contributed by atoms with E-state index in [0.29, 0.717) is 0 Å². The van der Waals surface area contributed by atoms with Crippen molar-refractivity contribution in [1.29, 1.82) is 0 Å². The number of hydrogen-bond donors (Lipinski definition) is 7. The van der Waals surface area contributed by atoms with Crippen molar-refractivity contribution in [3.8, 4) is 0 Å². The number of ether oxygens (including phenoxy) is 1. The van der Waals surface area contributed by atoms with Crippen molar-refractivity contribution in [2.75, 3.05) is 13.2 Å². The summed E-state index contributed by atoms with van der Waals surface area (Å²) in [6.07, 6.45) is -4.84. The zero-order chi connectivity index (χ0) is 17.1. The maximum atomic E-state index is 11.3. The summed E-state index contributed by atoms with van der Waals surface area (Å²) in [5.41, 5.74) is 0. The van der Waals surface area contributed by atoms with Crippen molar-refractivity contribution < 1.29 is 45.0 Å². The van der Waals surface area contributed by atoms with Gasteiger partial charge in [0.1, 0.15) is 6.61 Å². The van der Waals surface area contributed by atoms with E-state index in [4.69, 9.17) is 20.1 Å². The Bertz CT molecular complexity index is 417. The molecular formula is C12H21NO9. The van der Waals surface area contributed by atoms with Gasteiger partial charge in [-0.25, -0.2) is 4.79 Å². The second-order valence-corrected chi connectivity index (χ2v) is 5.30. The summed E-state index contributed by atoms with van der Waals surface area (Å²) in [5.74, 6) is -6.18. The highest BCUT2D eigenvalue weighted by Crippen LogP contribution is 2.32. The third-order valence-corrected chi connectivity index (χ3v) is 3.70. The molecule has 1 amide bonds. The minimum Gasteiger partial charge on any atom is -0.477 e. The van der Waals surface area contributed by atoms with Gasteiger partial charge < -0.3 is 40.7 Å². The molecule has 10 heteroatoms. The number of carbonyl (C=O) groups is 2. The second kappa shape index (κ2) is 7.31. The van der Waals surface area contributed by atoms with Crippen LogP contribution in [0.4, 0.5) is 0 Å². The fourth-order valence-corrected chi connectivity index (χ4v) is 2.34. The fraction of sp³-hybridized carbons (Fsp3) is 0.833. The standard InChI is InChI=1S/C12H21NO9/c1-5(7(17)3-14)10-9(13-8(18)4-15)6(16)2-12(21,22-10)11(19)20/h5-7,9-10,14-17,21H,2-4H2,1H3,(H,13,18)(H,19,20). The van der Waals surface area contributed by atoms with Gasteiger partial charge in [0.2, 0.25) is 5.91 Å². The summed E-state index contributed by atoms with van der Waals surface area (Å²) in [6, 6.07) is -1.17. The molecule has 6 atom stereocenters. The Morgan fingerprint density at radius 1 is 1.41 bits per heavy atom. The maximum absolute atomic E-state index is 11.3. The highest BCUT2D eigenvalue weighted by molar-refractivity contribution is 5.78. The summed E-state index contributed by atoms with van der Waals surface area (Å²) in [7, 11) is 0. The van der Waals surface area contributed by atoms with Crippen LogP contribution in [0.5, 0.6) is 0 Å². The molecule has 128 valence electrons. The molecule has 1 rings (SSSR count). The third kappa shape index (κ3) is 3.91. The zero-order valence-electron chi connectivity index (χ0n) is 11.9. The van der Waals surface area contributed by atoms with Crippen LogP contribution in [0.25, 0.3) is 0 Å². The van der Waals surface area contributed by atoms with Crippen molar-refractivity contribution >= 4 is 11.9 Å². The molecular weight excluding hydrogens is 302 g/mol. The smallest absolute Gasteiger partial charge is 0.364 e. The summed E-state index contributed by atoms with van der Waals surface area (Å²) in [6.45, 7) is -0.136. The fourth-order valence-electron chi connectivity index (χ4n) is 2.34. The minimum absolute atomic E-state index is 0.663. The van der Waals surface area contributed by atoms with Gasteiger partial charge in [0.05, 0.1) is 31.0 Å². The number of aliphatic hydroxyl groups is 5. The summed E-state index contributed by atoms with van der Waals surface area (Å²) >= 11 is 0. The van der Waals surface area contributed by atoms with Crippen LogP contribution in [0.1, 0.15) is 13.3 Å². The van der Waals surface area contributed by atoms with E-state index >= 15 is 0 Å². The first kappa shape index (κ1) is 18.7. The highest BCUT2D eigenvalue weighted by Gasteiger charge is 2.53. The Morgan fingerprint density at radius 2 is 2.00 bits per heavy atom. The lowest BCUT2D eigenvalue weighted by atomic mass is 9.84. The monoisotopic (exact) mass is 323 g/mol. The van der Waals surface area contributed by atoms with Crippen molar-refractivity contribution in [1.82, 2.24) is 5.32 Å². The van der Waals surface area contributed by atoms with Crippen molar-refractivity contribution in [2.24, 2.45) is 5.92 Å². The summed E-state index contributed by atoms with van der Waals surface area (Å²) in [5, 5.41) is 58.6.